The molecule has 16 heavy (non-hydrogen) atoms. The zero-order valence-electron chi connectivity index (χ0n) is 7.99. The predicted molar refractivity (Wildman–Crippen MR) is 51.3 cm³/mol. The molecular weight excluding hydrogens is 217 g/mol. The zero-order chi connectivity index (χ0) is 11.6. The number of nitrogens with zero attached hydrogens (tertiary/aromatic N) is 2. The maximum Gasteiger partial charge on any atom is 0.416 e. The molecule has 0 aliphatic rings. The average Bonchev–Trinajstić information content (AvgIpc) is 2.29. The van der Waals surface area contributed by atoms with Gasteiger partial charge < -0.3 is 0 Å². The smallest absolute Gasteiger partial charge is 0.236 e. The molecule has 2 aromatic rings. The van der Waals surface area contributed by atoms with E-state index < -0.39 is 11.7 Å². The van der Waals surface area contributed by atoms with Crippen LogP contribution in [0.3, 0.4) is 0 Å². The van der Waals surface area contributed by atoms with Gasteiger partial charge in [0.1, 0.15) is 6.33 Å². The van der Waals surface area contributed by atoms with Crippen molar-refractivity contribution in [2.24, 2.45) is 0 Å². The Bertz CT molecular complexity index is 463. The number of hydrogen-bond donors (Lipinski definition) is 0. The van der Waals surface area contributed by atoms with Crippen molar-refractivity contribution < 1.29 is 13.2 Å². The van der Waals surface area contributed by atoms with E-state index in [9.17, 15) is 13.2 Å². The minimum absolute atomic E-state index is 0.545. The molecule has 0 unspecified atom stereocenters. The highest BCUT2D eigenvalue weighted by Crippen LogP contribution is 2.30. The second-order valence-corrected chi connectivity index (χ2v) is 3.11. The van der Waals surface area contributed by atoms with Gasteiger partial charge in [-0.1, -0.05) is 12.1 Å². The number of hydrogen-bond acceptors (Lipinski definition) is 2. The largest absolute Gasteiger partial charge is 0.416 e. The van der Waals surface area contributed by atoms with Crippen molar-refractivity contribution in [2.75, 3.05) is 0 Å². The fourth-order valence-electron chi connectivity index (χ4n) is 1.25. The Labute approximate surface area is 89.8 Å². The monoisotopic (exact) mass is 223 g/mol. The van der Waals surface area contributed by atoms with Crippen molar-refractivity contribution in [1.82, 2.24) is 9.97 Å². The summed E-state index contributed by atoms with van der Waals surface area (Å²) in [7, 11) is 0. The maximum atomic E-state index is 12.3. The topological polar surface area (TPSA) is 25.8 Å². The summed E-state index contributed by atoms with van der Waals surface area (Å²) < 4.78 is 36.9. The molecule has 5 heteroatoms. The highest BCUT2D eigenvalue weighted by Gasteiger charge is 2.29. The predicted octanol–water partition coefficient (Wildman–Crippen LogP) is 2.96. The summed E-state index contributed by atoms with van der Waals surface area (Å²) in [4.78, 5) is 7.53. The normalized spacial score (nSPS) is 11.4. The van der Waals surface area contributed by atoms with Gasteiger partial charge in [-0.15, -0.1) is 0 Å². The number of benzene rings is 1. The van der Waals surface area contributed by atoms with Crippen LogP contribution in [0.2, 0.25) is 0 Å². The van der Waals surface area contributed by atoms with E-state index in [2.05, 4.69) is 16.2 Å². The molecule has 1 aromatic carbocycles. The minimum atomic E-state index is -4.31. The summed E-state index contributed by atoms with van der Waals surface area (Å²) in [5, 5.41) is 0. The summed E-state index contributed by atoms with van der Waals surface area (Å²) >= 11 is 0. The molecule has 0 amide bonds. The molecule has 2 nitrogen and oxygen atoms in total. The van der Waals surface area contributed by atoms with Crippen LogP contribution in [-0.2, 0) is 6.18 Å². The molecule has 1 aromatic heterocycles. The van der Waals surface area contributed by atoms with Gasteiger partial charge in [-0.2, -0.15) is 13.2 Å². The second-order valence-electron chi connectivity index (χ2n) is 3.11. The first-order valence-electron chi connectivity index (χ1n) is 4.43. The van der Waals surface area contributed by atoms with E-state index in [0.29, 0.717) is 11.3 Å². The van der Waals surface area contributed by atoms with E-state index >= 15 is 0 Å². The van der Waals surface area contributed by atoms with Crippen LogP contribution in [0.4, 0.5) is 13.2 Å². The van der Waals surface area contributed by atoms with Crippen LogP contribution in [0.15, 0.2) is 36.7 Å². The molecule has 0 aliphatic heterocycles. The first kappa shape index (κ1) is 10.6. The molecule has 0 aliphatic carbocycles. The summed E-state index contributed by atoms with van der Waals surface area (Å²) in [6.45, 7) is 0. The summed E-state index contributed by atoms with van der Waals surface area (Å²) in [6.07, 6.45) is -0.441. The number of alkyl halides is 3. The van der Waals surface area contributed by atoms with Gasteiger partial charge in [0, 0.05) is 5.56 Å². The number of halogens is 3. The molecule has 81 valence electrons. The fraction of sp³-hybridized carbons (Fsp3) is 0.0909. The van der Waals surface area contributed by atoms with Crippen molar-refractivity contribution in [1.29, 1.82) is 0 Å². The molecule has 0 spiro atoms. The summed E-state index contributed by atoms with van der Waals surface area (Å²) in [5.41, 5.74) is 0.477. The highest BCUT2D eigenvalue weighted by atomic mass is 19.4. The second kappa shape index (κ2) is 3.92. The van der Waals surface area contributed by atoms with Crippen molar-refractivity contribution in [3.8, 4) is 11.3 Å². The Morgan fingerprint density at radius 1 is 1.06 bits per heavy atom. The van der Waals surface area contributed by atoms with E-state index in [1.807, 2.05) is 0 Å². The lowest BCUT2D eigenvalue weighted by Gasteiger charge is -2.06. The van der Waals surface area contributed by atoms with Crippen molar-refractivity contribution >= 4 is 0 Å². The molecule has 0 atom stereocenters. The molecule has 2 rings (SSSR count). The van der Waals surface area contributed by atoms with Crippen LogP contribution >= 0.6 is 0 Å². The van der Waals surface area contributed by atoms with E-state index in [0.717, 1.165) is 12.1 Å². The van der Waals surface area contributed by atoms with Crippen LogP contribution in [0, 0.1) is 6.20 Å². The molecule has 0 bridgehead atoms. The quantitative estimate of drug-likeness (QED) is 0.742. The molecule has 0 saturated carbocycles. The lowest BCUT2D eigenvalue weighted by molar-refractivity contribution is -0.137. The average molecular weight is 223 g/mol. The Hall–Kier alpha value is -1.91. The Morgan fingerprint density at radius 3 is 2.25 bits per heavy atom. The highest BCUT2D eigenvalue weighted by molar-refractivity contribution is 5.58. The van der Waals surface area contributed by atoms with Crippen molar-refractivity contribution in [3.63, 3.8) is 0 Å². The van der Waals surface area contributed by atoms with Gasteiger partial charge in [0.25, 0.3) is 0 Å². The van der Waals surface area contributed by atoms with Gasteiger partial charge in [0.2, 0.25) is 0 Å². The molecule has 1 radical (unpaired) electrons. The number of aromatic nitrogens is 2. The molecule has 0 fully saturated rings. The minimum Gasteiger partial charge on any atom is -0.236 e. The SMILES string of the molecule is FC(F)(F)c1ccc(-c2c[c]ncn2)cc1. The van der Waals surface area contributed by atoms with Crippen LogP contribution in [0.1, 0.15) is 5.56 Å². The van der Waals surface area contributed by atoms with Crippen LogP contribution in [0.5, 0.6) is 0 Å². The zero-order valence-corrected chi connectivity index (χ0v) is 7.99. The van der Waals surface area contributed by atoms with Crippen LogP contribution < -0.4 is 0 Å². The summed E-state index contributed by atoms with van der Waals surface area (Å²) in [5.74, 6) is 0. The Kier molecular flexibility index (Phi) is 2.60. The Balaban J connectivity index is 2.34. The van der Waals surface area contributed by atoms with Crippen molar-refractivity contribution in [2.45, 2.75) is 6.18 Å². The first-order chi connectivity index (χ1) is 7.57. The van der Waals surface area contributed by atoms with Crippen LogP contribution in [0.25, 0.3) is 11.3 Å². The first-order valence-corrected chi connectivity index (χ1v) is 4.43. The summed E-state index contributed by atoms with van der Waals surface area (Å²) in [6, 6.07) is 6.31. The molecule has 0 saturated heterocycles. The van der Waals surface area contributed by atoms with Gasteiger partial charge in [-0.05, 0) is 18.2 Å². The van der Waals surface area contributed by atoms with Gasteiger partial charge in [-0.25, -0.2) is 9.97 Å². The van der Waals surface area contributed by atoms with Gasteiger partial charge in [0.15, 0.2) is 0 Å². The van der Waals surface area contributed by atoms with Crippen LogP contribution in [-0.4, -0.2) is 9.97 Å². The van der Waals surface area contributed by atoms with E-state index in [1.165, 1.54) is 24.5 Å². The lowest BCUT2D eigenvalue weighted by Crippen LogP contribution is -2.04. The third kappa shape index (κ3) is 2.18. The van der Waals surface area contributed by atoms with Crippen molar-refractivity contribution in [3.05, 3.63) is 48.4 Å². The van der Waals surface area contributed by atoms with E-state index in [4.69, 9.17) is 0 Å². The maximum absolute atomic E-state index is 12.3. The molecular formula is C11H6F3N2. The van der Waals surface area contributed by atoms with Gasteiger partial charge >= 0.3 is 6.18 Å². The molecule has 1 heterocycles. The Morgan fingerprint density at radius 2 is 1.75 bits per heavy atom. The third-order valence-corrected chi connectivity index (χ3v) is 2.04. The third-order valence-electron chi connectivity index (χ3n) is 2.04. The van der Waals surface area contributed by atoms with E-state index in [-0.39, 0.29) is 0 Å². The van der Waals surface area contributed by atoms with Gasteiger partial charge in [-0.3, -0.25) is 0 Å². The van der Waals surface area contributed by atoms with E-state index in [1.54, 1.807) is 0 Å². The lowest BCUT2D eigenvalue weighted by atomic mass is 10.1. The fourth-order valence-corrected chi connectivity index (χ4v) is 1.25. The number of rotatable bonds is 1. The van der Waals surface area contributed by atoms with Gasteiger partial charge in [0.05, 0.1) is 17.5 Å². The standard InChI is InChI=1S/C11H6F3N2/c12-11(13,14)9-3-1-8(2-4-9)10-5-6-15-7-16-10/h1-5,7H. The molecule has 0 N–H and O–H groups in total.